The van der Waals surface area contributed by atoms with E-state index in [2.05, 4.69) is 15.9 Å². The molecule has 1 heterocycles. The molecule has 0 aromatic heterocycles. The molecule has 5 atom stereocenters. The molecule has 0 aromatic carbocycles. The molecule has 3 rings (SSSR count). The number of halogens is 1. The maximum Gasteiger partial charge on any atom is 0.323 e. The Bertz CT molecular complexity index is 405. The van der Waals surface area contributed by atoms with E-state index in [1.54, 1.807) is 0 Å². The SMILES string of the molecule is COC(=O)[C@@]1(Br)[C@H]2[C@@H]3OC(C)(C)O[C@@H]3C=C[C@H]21. The van der Waals surface area contributed by atoms with Gasteiger partial charge in [0.15, 0.2) is 5.79 Å². The van der Waals surface area contributed by atoms with Crippen molar-refractivity contribution < 1.29 is 19.0 Å². The predicted molar refractivity (Wildman–Crippen MR) is 63.6 cm³/mol. The molecule has 94 valence electrons. The van der Waals surface area contributed by atoms with E-state index >= 15 is 0 Å². The highest BCUT2D eigenvalue weighted by atomic mass is 79.9. The molecule has 5 heteroatoms. The summed E-state index contributed by atoms with van der Waals surface area (Å²) in [5, 5.41) is 0. The van der Waals surface area contributed by atoms with Crippen LogP contribution in [0.3, 0.4) is 0 Å². The largest absolute Gasteiger partial charge is 0.468 e. The molecule has 1 saturated heterocycles. The van der Waals surface area contributed by atoms with Gasteiger partial charge in [0.2, 0.25) is 0 Å². The van der Waals surface area contributed by atoms with Gasteiger partial charge in [0.25, 0.3) is 0 Å². The second-order valence-corrected chi connectivity index (χ2v) is 6.57. The maximum atomic E-state index is 11.8. The Morgan fingerprint density at radius 2 is 2.06 bits per heavy atom. The smallest absolute Gasteiger partial charge is 0.323 e. The van der Waals surface area contributed by atoms with E-state index in [1.165, 1.54) is 7.11 Å². The number of allylic oxidation sites excluding steroid dienone is 1. The zero-order chi connectivity index (χ0) is 12.4. The van der Waals surface area contributed by atoms with Crippen LogP contribution < -0.4 is 0 Å². The fourth-order valence-corrected chi connectivity index (χ4v) is 4.03. The van der Waals surface area contributed by atoms with E-state index in [9.17, 15) is 4.79 Å². The molecule has 1 saturated carbocycles. The van der Waals surface area contributed by atoms with Crippen LogP contribution in [0.15, 0.2) is 12.2 Å². The molecule has 4 nitrogen and oxygen atoms in total. The van der Waals surface area contributed by atoms with Crippen LogP contribution in [0.5, 0.6) is 0 Å². The number of alkyl halides is 1. The lowest BCUT2D eigenvalue weighted by atomic mass is 10.0. The number of fused-ring (bicyclic) bond motifs is 3. The highest BCUT2D eigenvalue weighted by Crippen LogP contribution is 2.64. The number of carbonyl (C=O) groups is 1. The first-order valence-corrected chi connectivity index (χ1v) is 6.51. The molecule has 3 aliphatic rings. The van der Waals surface area contributed by atoms with Crippen molar-refractivity contribution in [2.45, 2.75) is 36.2 Å². The highest BCUT2D eigenvalue weighted by molar-refractivity contribution is 9.10. The monoisotopic (exact) mass is 302 g/mol. The number of esters is 1. The molecule has 0 aromatic rings. The average molecular weight is 303 g/mol. The lowest BCUT2D eigenvalue weighted by molar-refractivity contribution is -0.148. The van der Waals surface area contributed by atoms with Crippen LogP contribution in [0.1, 0.15) is 13.8 Å². The van der Waals surface area contributed by atoms with Gasteiger partial charge >= 0.3 is 5.97 Å². The first-order valence-electron chi connectivity index (χ1n) is 5.71. The van der Waals surface area contributed by atoms with Crippen LogP contribution in [0.25, 0.3) is 0 Å². The van der Waals surface area contributed by atoms with Crippen LogP contribution in [-0.4, -0.2) is 35.4 Å². The number of rotatable bonds is 1. The van der Waals surface area contributed by atoms with Gasteiger partial charge in [-0.05, 0) is 13.8 Å². The molecule has 0 unspecified atom stereocenters. The summed E-state index contributed by atoms with van der Waals surface area (Å²) in [5.74, 6) is -0.562. The van der Waals surface area contributed by atoms with Crippen LogP contribution in [0.4, 0.5) is 0 Å². The maximum absolute atomic E-state index is 11.8. The third kappa shape index (κ3) is 1.45. The minimum absolute atomic E-state index is 0.0599. The first-order chi connectivity index (χ1) is 7.90. The fourth-order valence-electron chi connectivity index (χ4n) is 3.01. The fraction of sp³-hybridized carbons (Fsp3) is 0.750. The first kappa shape index (κ1) is 11.7. The van der Waals surface area contributed by atoms with E-state index in [1.807, 2.05) is 26.0 Å². The normalized spacial score (nSPS) is 49.4. The van der Waals surface area contributed by atoms with Gasteiger partial charge in [-0.15, -0.1) is 0 Å². The Hall–Kier alpha value is -0.390. The summed E-state index contributed by atoms with van der Waals surface area (Å²) in [6.07, 6.45) is 3.89. The summed E-state index contributed by atoms with van der Waals surface area (Å²) < 4.78 is 15.9. The lowest BCUT2D eigenvalue weighted by Crippen LogP contribution is -2.30. The van der Waals surface area contributed by atoms with Crippen LogP contribution >= 0.6 is 15.9 Å². The predicted octanol–water partition coefficient (Wildman–Crippen LogP) is 1.63. The average Bonchev–Trinajstić information content (AvgIpc) is 2.74. The summed E-state index contributed by atoms with van der Waals surface area (Å²) in [6, 6.07) is 0. The van der Waals surface area contributed by atoms with E-state index in [0.717, 1.165) is 0 Å². The zero-order valence-electron chi connectivity index (χ0n) is 9.98. The number of ether oxygens (including phenoxy) is 3. The molecular weight excluding hydrogens is 288 g/mol. The molecule has 0 N–H and O–H groups in total. The molecule has 0 amide bonds. The summed E-state index contributed by atoms with van der Waals surface area (Å²) in [4.78, 5) is 11.8. The quantitative estimate of drug-likeness (QED) is 0.419. The number of carbonyl (C=O) groups excluding carboxylic acids is 1. The lowest BCUT2D eigenvalue weighted by Gasteiger charge is -2.18. The number of hydrogen-bond acceptors (Lipinski definition) is 4. The Morgan fingerprint density at radius 3 is 2.71 bits per heavy atom. The van der Waals surface area contributed by atoms with Crippen LogP contribution in [0, 0.1) is 11.8 Å². The van der Waals surface area contributed by atoms with Crippen molar-refractivity contribution >= 4 is 21.9 Å². The summed E-state index contributed by atoms with van der Waals surface area (Å²) in [6.45, 7) is 3.79. The van der Waals surface area contributed by atoms with Crippen molar-refractivity contribution in [2.75, 3.05) is 7.11 Å². The van der Waals surface area contributed by atoms with Gasteiger partial charge in [0, 0.05) is 11.8 Å². The minimum Gasteiger partial charge on any atom is -0.468 e. The molecule has 2 fully saturated rings. The van der Waals surface area contributed by atoms with E-state index < -0.39 is 10.1 Å². The third-order valence-corrected chi connectivity index (χ3v) is 5.15. The molecular formula is C12H15BrO4. The third-order valence-electron chi connectivity index (χ3n) is 3.77. The van der Waals surface area contributed by atoms with Crippen molar-refractivity contribution in [1.82, 2.24) is 0 Å². The van der Waals surface area contributed by atoms with Gasteiger partial charge in [-0.1, -0.05) is 28.1 Å². The number of hydrogen-bond donors (Lipinski definition) is 0. The Morgan fingerprint density at radius 1 is 1.35 bits per heavy atom. The molecule has 0 spiro atoms. The van der Waals surface area contributed by atoms with Gasteiger partial charge in [0.1, 0.15) is 10.4 Å². The number of methoxy groups -OCH3 is 1. The highest BCUT2D eigenvalue weighted by Gasteiger charge is 2.74. The van der Waals surface area contributed by atoms with Crippen LogP contribution in [-0.2, 0) is 19.0 Å². The van der Waals surface area contributed by atoms with Gasteiger partial charge in [0.05, 0.1) is 13.2 Å². The van der Waals surface area contributed by atoms with Crippen LogP contribution in [0.2, 0.25) is 0 Å². The van der Waals surface area contributed by atoms with E-state index in [4.69, 9.17) is 14.2 Å². The van der Waals surface area contributed by atoms with Crippen molar-refractivity contribution in [3.8, 4) is 0 Å². The summed E-state index contributed by atoms with van der Waals surface area (Å²) in [5.41, 5.74) is 0. The molecule has 2 aliphatic carbocycles. The van der Waals surface area contributed by atoms with E-state index in [0.29, 0.717) is 0 Å². The molecule has 0 radical (unpaired) electrons. The van der Waals surface area contributed by atoms with Gasteiger partial charge < -0.3 is 14.2 Å². The van der Waals surface area contributed by atoms with E-state index in [-0.39, 0.29) is 30.0 Å². The Balaban J connectivity index is 1.88. The van der Waals surface area contributed by atoms with Crippen molar-refractivity contribution in [3.05, 3.63) is 12.2 Å². The second kappa shape index (κ2) is 3.33. The second-order valence-electron chi connectivity index (χ2n) is 5.26. The van der Waals surface area contributed by atoms with Gasteiger partial charge in [-0.25, -0.2) is 0 Å². The Kier molecular flexibility index (Phi) is 2.29. The summed E-state index contributed by atoms with van der Waals surface area (Å²) >= 11 is 3.52. The standard InChI is InChI=1S/C12H15BrO4/c1-11(2)16-7-5-4-6-8(9(7)17-11)12(6,13)10(14)15-3/h4-9H,1-3H3/t6-,7-,8-,9-,12+/m1/s1. The van der Waals surface area contributed by atoms with Gasteiger partial charge in [-0.3, -0.25) is 4.79 Å². The minimum atomic E-state index is -0.624. The Labute approximate surface area is 108 Å². The summed E-state index contributed by atoms with van der Waals surface area (Å²) in [7, 11) is 1.41. The van der Waals surface area contributed by atoms with Gasteiger partial charge in [-0.2, -0.15) is 0 Å². The molecule has 17 heavy (non-hydrogen) atoms. The van der Waals surface area contributed by atoms with Crippen molar-refractivity contribution in [2.24, 2.45) is 11.8 Å². The molecule has 1 aliphatic heterocycles. The topological polar surface area (TPSA) is 44.8 Å². The zero-order valence-corrected chi connectivity index (χ0v) is 11.6. The van der Waals surface area contributed by atoms with Crippen molar-refractivity contribution in [1.29, 1.82) is 0 Å². The molecule has 0 bridgehead atoms. The van der Waals surface area contributed by atoms with Crippen molar-refractivity contribution in [3.63, 3.8) is 0 Å².